The standard InChI is InChI=1S/C31H29BrFN9O2/c1-16(2)44-22-12-11-18(13-21(22)33)25-23-27(34)36-15-37-30(23)42(39-25)17(3)29-38-28-24(26(40(4)5)20(32)14-35-28)31(43)41(29)19-9-7-6-8-10-19/h6-17H,1-5H3,(H2,34,36,37)/t17-/m0/s1. The summed E-state index contributed by atoms with van der Waals surface area (Å²) in [7, 11) is 3.71. The van der Waals surface area contributed by atoms with Crippen molar-refractivity contribution in [3.05, 3.63) is 87.5 Å². The van der Waals surface area contributed by atoms with Crippen LogP contribution in [0.5, 0.6) is 5.75 Å². The Balaban J connectivity index is 1.61. The molecule has 0 aliphatic rings. The molecule has 224 valence electrons. The smallest absolute Gasteiger partial charge is 0.269 e. The second kappa shape index (κ2) is 11.3. The van der Waals surface area contributed by atoms with Gasteiger partial charge in [0, 0.05) is 25.9 Å². The predicted molar refractivity (Wildman–Crippen MR) is 172 cm³/mol. The van der Waals surface area contributed by atoms with Gasteiger partial charge in [-0.15, -0.1) is 0 Å². The van der Waals surface area contributed by atoms with Crippen LogP contribution in [0.15, 0.2) is 70.3 Å². The van der Waals surface area contributed by atoms with Crippen molar-refractivity contribution in [2.24, 2.45) is 0 Å². The highest BCUT2D eigenvalue weighted by molar-refractivity contribution is 9.10. The highest BCUT2D eigenvalue weighted by Gasteiger charge is 2.27. The zero-order valence-electron chi connectivity index (χ0n) is 24.7. The molecule has 0 aliphatic carbocycles. The molecule has 0 radical (unpaired) electrons. The number of hydrogen-bond donors (Lipinski definition) is 1. The van der Waals surface area contributed by atoms with Gasteiger partial charge in [-0.1, -0.05) is 18.2 Å². The van der Waals surface area contributed by atoms with Crippen LogP contribution in [0.1, 0.15) is 32.6 Å². The van der Waals surface area contributed by atoms with E-state index in [-0.39, 0.29) is 28.9 Å². The summed E-state index contributed by atoms with van der Waals surface area (Å²) in [5.41, 5.74) is 8.85. The first-order chi connectivity index (χ1) is 21.1. The molecule has 2 aromatic carbocycles. The molecule has 4 aromatic heterocycles. The average Bonchev–Trinajstić information content (AvgIpc) is 3.39. The van der Waals surface area contributed by atoms with Crippen molar-refractivity contribution >= 4 is 49.5 Å². The van der Waals surface area contributed by atoms with Gasteiger partial charge < -0.3 is 15.4 Å². The molecule has 6 rings (SSSR count). The summed E-state index contributed by atoms with van der Waals surface area (Å²) in [6.07, 6.45) is 2.77. The van der Waals surface area contributed by atoms with E-state index in [4.69, 9.17) is 20.6 Å². The van der Waals surface area contributed by atoms with Gasteiger partial charge in [-0.05, 0) is 67.0 Å². The zero-order valence-corrected chi connectivity index (χ0v) is 26.2. The Morgan fingerprint density at radius 3 is 2.45 bits per heavy atom. The molecule has 0 saturated carbocycles. The number of nitrogens with zero attached hydrogens (tertiary/aromatic N) is 8. The van der Waals surface area contributed by atoms with Crippen molar-refractivity contribution in [3.63, 3.8) is 0 Å². The molecule has 2 N–H and O–H groups in total. The number of rotatable bonds is 7. The maximum absolute atomic E-state index is 15.1. The largest absolute Gasteiger partial charge is 0.488 e. The number of anilines is 2. The van der Waals surface area contributed by atoms with Crippen LogP contribution in [0.2, 0.25) is 0 Å². The minimum Gasteiger partial charge on any atom is -0.488 e. The molecule has 11 nitrogen and oxygen atoms in total. The Hall–Kier alpha value is -4.91. The van der Waals surface area contributed by atoms with Crippen molar-refractivity contribution in [2.45, 2.75) is 32.9 Å². The molecule has 1 atom stereocenters. The maximum Gasteiger partial charge on any atom is 0.269 e. The fraction of sp³-hybridized carbons (Fsp3) is 0.226. The summed E-state index contributed by atoms with van der Waals surface area (Å²) < 4.78 is 24.5. The van der Waals surface area contributed by atoms with Gasteiger partial charge in [-0.2, -0.15) is 5.10 Å². The number of halogens is 2. The van der Waals surface area contributed by atoms with Gasteiger partial charge in [0.1, 0.15) is 35.1 Å². The summed E-state index contributed by atoms with van der Waals surface area (Å²) in [4.78, 5) is 34.3. The monoisotopic (exact) mass is 657 g/mol. The summed E-state index contributed by atoms with van der Waals surface area (Å²) in [5.74, 6) is 0.146. The van der Waals surface area contributed by atoms with E-state index in [2.05, 4.69) is 30.9 Å². The van der Waals surface area contributed by atoms with Crippen LogP contribution in [0, 0.1) is 5.82 Å². The van der Waals surface area contributed by atoms with Crippen molar-refractivity contribution in [2.75, 3.05) is 24.7 Å². The number of fused-ring (bicyclic) bond motifs is 2. The van der Waals surface area contributed by atoms with Gasteiger partial charge in [-0.3, -0.25) is 9.36 Å². The fourth-order valence-electron chi connectivity index (χ4n) is 5.24. The van der Waals surface area contributed by atoms with Gasteiger partial charge in [0.25, 0.3) is 5.56 Å². The molecule has 0 saturated heterocycles. The van der Waals surface area contributed by atoms with Crippen molar-refractivity contribution < 1.29 is 9.13 Å². The number of para-hydroxylation sites is 1. The van der Waals surface area contributed by atoms with E-state index in [1.54, 1.807) is 27.6 Å². The number of nitrogens with two attached hydrogens (primary N) is 1. The second-order valence-corrected chi connectivity index (χ2v) is 11.6. The lowest BCUT2D eigenvalue weighted by Crippen LogP contribution is -2.29. The molecule has 13 heteroatoms. The van der Waals surface area contributed by atoms with Crippen LogP contribution in [0.3, 0.4) is 0 Å². The third-order valence-electron chi connectivity index (χ3n) is 7.14. The van der Waals surface area contributed by atoms with Crippen LogP contribution in [0.25, 0.3) is 39.0 Å². The summed E-state index contributed by atoms with van der Waals surface area (Å²) in [6.45, 7) is 5.51. The molecule has 6 aromatic rings. The zero-order chi connectivity index (χ0) is 31.3. The fourth-order valence-corrected chi connectivity index (χ4v) is 5.90. The number of nitrogen functional groups attached to an aromatic ring is 1. The minimum atomic E-state index is -0.653. The topological polar surface area (TPSA) is 130 Å². The van der Waals surface area contributed by atoms with E-state index in [9.17, 15) is 4.79 Å². The minimum absolute atomic E-state index is 0.133. The lowest BCUT2D eigenvalue weighted by molar-refractivity contribution is 0.231. The Bertz CT molecular complexity index is 2090. The SMILES string of the molecule is CC(C)Oc1ccc(-c2nn([C@@H](C)c3nc4ncc(Br)c(N(C)C)c4c(=O)n3-c3ccccc3)c3ncnc(N)c23)cc1F. The van der Waals surface area contributed by atoms with E-state index in [1.165, 1.54) is 12.4 Å². The van der Waals surface area contributed by atoms with E-state index in [0.29, 0.717) is 49.3 Å². The Morgan fingerprint density at radius 2 is 1.77 bits per heavy atom. The third kappa shape index (κ3) is 4.92. The molecule has 0 fully saturated rings. The number of benzene rings is 2. The molecule has 0 unspecified atom stereocenters. The van der Waals surface area contributed by atoms with Crippen molar-refractivity contribution in [1.29, 1.82) is 0 Å². The van der Waals surface area contributed by atoms with Gasteiger partial charge in [0.2, 0.25) is 0 Å². The van der Waals surface area contributed by atoms with E-state index >= 15 is 4.39 Å². The lowest BCUT2D eigenvalue weighted by Gasteiger charge is -2.21. The van der Waals surface area contributed by atoms with Crippen molar-refractivity contribution in [3.8, 4) is 22.7 Å². The molecule has 0 aliphatic heterocycles. The first-order valence-corrected chi connectivity index (χ1v) is 14.6. The molecule has 0 bridgehead atoms. The third-order valence-corrected chi connectivity index (χ3v) is 7.72. The molecular formula is C31H29BrFN9O2. The first-order valence-electron chi connectivity index (χ1n) is 13.9. The second-order valence-electron chi connectivity index (χ2n) is 10.7. The number of hydrogen-bond acceptors (Lipinski definition) is 9. The molecule has 0 spiro atoms. The van der Waals surface area contributed by atoms with E-state index < -0.39 is 11.9 Å². The quantitative estimate of drug-likeness (QED) is 0.235. The number of ether oxygens (including phenoxy) is 1. The molecule has 0 amide bonds. The lowest BCUT2D eigenvalue weighted by atomic mass is 10.1. The normalized spacial score (nSPS) is 12.3. The highest BCUT2D eigenvalue weighted by Crippen LogP contribution is 2.36. The maximum atomic E-state index is 15.1. The number of pyridine rings is 1. The van der Waals surface area contributed by atoms with Gasteiger partial charge >= 0.3 is 0 Å². The Labute approximate surface area is 260 Å². The van der Waals surface area contributed by atoms with Crippen molar-refractivity contribution in [1.82, 2.24) is 34.3 Å². The average molecular weight is 659 g/mol. The Morgan fingerprint density at radius 1 is 1.02 bits per heavy atom. The van der Waals surface area contributed by atoms with E-state index in [0.717, 1.165) is 0 Å². The van der Waals surface area contributed by atoms with Crippen LogP contribution in [0.4, 0.5) is 15.9 Å². The Kier molecular flexibility index (Phi) is 7.49. The highest BCUT2D eigenvalue weighted by atomic mass is 79.9. The first kappa shape index (κ1) is 29.2. The van der Waals surface area contributed by atoms with Crippen LogP contribution < -0.4 is 20.9 Å². The van der Waals surface area contributed by atoms with E-state index in [1.807, 2.05) is 70.1 Å². The summed E-state index contributed by atoms with van der Waals surface area (Å²) in [5, 5.41) is 5.68. The predicted octanol–water partition coefficient (Wildman–Crippen LogP) is 5.53. The van der Waals surface area contributed by atoms with Gasteiger partial charge in [0.15, 0.2) is 22.9 Å². The molecule has 44 heavy (non-hydrogen) atoms. The van der Waals surface area contributed by atoms with Crippen LogP contribution in [-0.2, 0) is 0 Å². The molecule has 4 heterocycles. The van der Waals surface area contributed by atoms with Crippen LogP contribution >= 0.6 is 15.9 Å². The van der Waals surface area contributed by atoms with Gasteiger partial charge in [0.05, 0.1) is 27.3 Å². The summed E-state index contributed by atoms with van der Waals surface area (Å²) in [6, 6.07) is 13.2. The summed E-state index contributed by atoms with van der Waals surface area (Å²) >= 11 is 3.54. The number of aromatic nitrogens is 7. The molecular weight excluding hydrogens is 629 g/mol. The van der Waals surface area contributed by atoms with Gasteiger partial charge in [-0.25, -0.2) is 29.0 Å². The van der Waals surface area contributed by atoms with Crippen LogP contribution in [-0.4, -0.2) is 54.5 Å².